The standard InChI is InChI=1S/C34H34F2O6S2/c1-24(34(35,36)44(37,38)39)42-28-14-20-31(21-15-28)43(29-16-10-26(11-17-29)25-8-6-5-7-9-25)30-18-12-27(13-19-30)33(4)23-40-32(2,3)22-41-33/h5-21,24H,22-23H2,1-4H3/p+1. The molecule has 232 valence electrons. The van der Waals surface area contributed by atoms with Gasteiger partial charge in [-0.3, -0.25) is 4.55 Å². The van der Waals surface area contributed by atoms with Crippen molar-refractivity contribution in [3.05, 3.63) is 109 Å². The van der Waals surface area contributed by atoms with Gasteiger partial charge in [-0.05, 0) is 105 Å². The highest BCUT2D eigenvalue weighted by Gasteiger charge is 2.51. The monoisotopic (exact) mass is 641 g/mol. The molecule has 0 bridgehead atoms. The lowest BCUT2D eigenvalue weighted by atomic mass is 9.94. The maximum absolute atomic E-state index is 14.1. The third kappa shape index (κ3) is 6.84. The van der Waals surface area contributed by atoms with Crippen LogP contribution >= 0.6 is 0 Å². The minimum absolute atomic E-state index is 0.0493. The number of alkyl halides is 2. The van der Waals surface area contributed by atoms with Crippen LogP contribution in [0.2, 0.25) is 0 Å². The number of hydrogen-bond donors (Lipinski definition) is 1. The van der Waals surface area contributed by atoms with Gasteiger partial charge in [0.05, 0.1) is 29.7 Å². The first-order valence-corrected chi connectivity index (χ1v) is 16.7. The first-order valence-electron chi connectivity index (χ1n) is 14.1. The maximum atomic E-state index is 14.1. The number of halogens is 2. The summed E-state index contributed by atoms with van der Waals surface area (Å²) in [6, 6.07) is 33.2. The Balaban J connectivity index is 1.46. The van der Waals surface area contributed by atoms with E-state index in [1.54, 1.807) is 12.1 Å². The largest absolute Gasteiger partial charge is 0.483 e. The van der Waals surface area contributed by atoms with Gasteiger partial charge in [0.25, 0.3) is 0 Å². The quantitative estimate of drug-likeness (QED) is 0.149. The van der Waals surface area contributed by atoms with Gasteiger partial charge in [-0.2, -0.15) is 17.2 Å². The highest BCUT2D eigenvalue weighted by atomic mass is 32.2. The highest BCUT2D eigenvalue weighted by Crippen LogP contribution is 2.38. The Morgan fingerprint density at radius 3 is 1.77 bits per heavy atom. The fraction of sp³-hybridized carbons (Fsp3) is 0.294. The van der Waals surface area contributed by atoms with E-state index >= 15 is 0 Å². The Kier molecular flexibility index (Phi) is 8.94. The molecule has 1 aliphatic heterocycles. The summed E-state index contributed by atoms with van der Waals surface area (Å²) in [7, 11) is -6.22. The Bertz CT molecular complexity index is 1670. The molecule has 0 radical (unpaired) electrons. The molecule has 1 heterocycles. The van der Waals surface area contributed by atoms with Crippen LogP contribution < -0.4 is 4.74 Å². The van der Waals surface area contributed by atoms with E-state index < -0.39 is 38.0 Å². The van der Waals surface area contributed by atoms with Crippen molar-refractivity contribution >= 4 is 21.0 Å². The molecular formula is C34H35F2O6S2+. The van der Waals surface area contributed by atoms with Crippen molar-refractivity contribution in [2.45, 2.75) is 64.9 Å². The molecule has 0 saturated carbocycles. The lowest BCUT2D eigenvalue weighted by Crippen LogP contribution is -2.47. The third-order valence-electron chi connectivity index (χ3n) is 7.56. The van der Waals surface area contributed by atoms with E-state index in [0.717, 1.165) is 38.3 Å². The lowest BCUT2D eigenvalue weighted by Gasteiger charge is -2.41. The van der Waals surface area contributed by atoms with Crippen molar-refractivity contribution in [3.8, 4) is 16.9 Å². The Hall–Kier alpha value is -3.28. The van der Waals surface area contributed by atoms with E-state index in [9.17, 15) is 17.2 Å². The molecule has 1 aliphatic rings. The van der Waals surface area contributed by atoms with E-state index in [2.05, 4.69) is 48.5 Å². The third-order valence-corrected chi connectivity index (χ3v) is 10.8. The molecule has 6 nitrogen and oxygen atoms in total. The second kappa shape index (κ2) is 12.3. The van der Waals surface area contributed by atoms with Crippen molar-refractivity contribution in [1.82, 2.24) is 0 Å². The number of hydrogen-bond acceptors (Lipinski definition) is 5. The Morgan fingerprint density at radius 2 is 1.27 bits per heavy atom. The van der Waals surface area contributed by atoms with Gasteiger partial charge >= 0.3 is 15.4 Å². The second-order valence-corrected chi connectivity index (χ2v) is 15.1. The first kappa shape index (κ1) is 32.1. The van der Waals surface area contributed by atoms with Crippen molar-refractivity contribution in [3.63, 3.8) is 0 Å². The molecule has 0 aliphatic carbocycles. The van der Waals surface area contributed by atoms with Crippen LogP contribution in [0.25, 0.3) is 11.1 Å². The molecule has 0 spiro atoms. The Labute approximate surface area is 260 Å². The van der Waals surface area contributed by atoms with Crippen molar-refractivity contribution in [2.24, 2.45) is 0 Å². The SMILES string of the molecule is CC(Oc1ccc([S+](c2ccc(-c3ccccc3)cc2)c2ccc(C3(C)COC(C)(C)CO3)cc2)cc1)C(F)(F)S(=O)(=O)O. The van der Waals surface area contributed by atoms with E-state index in [0.29, 0.717) is 13.2 Å². The van der Waals surface area contributed by atoms with Gasteiger partial charge in [-0.15, -0.1) is 0 Å². The predicted molar refractivity (Wildman–Crippen MR) is 167 cm³/mol. The van der Waals surface area contributed by atoms with Crippen LogP contribution in [0.3, 0.4) is 0 Å². The molecule has 4 aromatic rings. The van der Waals surface area contributed by atoms with E-state index in [1.807, 2.05) is 51.1 Å². The van der Waals surface area contributed by atoms with Crippen LogP contribution in [0.15, 0.2) is 118 Å². The lowest BCUT2D eigenvalue weighted by molar-refractivity contribution is -0.221. The van der Waals surface area contributed by atoms with Gasteiger partial charge in [0.1, 0.15) is 11.4 Å². The minimum atomic E-state index is -5.63. The fourth-order valence-corrected chi connectivity index (χ4v) is 7.33. The summed E-state index contributed by atoms with van der Waals surface area (Å²) < 4.78 is 76.8. The number of benzene rings is 4. The first-order chi connectivity index (χ1) is 20.7. The van der Waals surface area contributed by atoms with Gasteiger partial charge in [0.15, 0.2) is 20.8 Å². The Morgan fingerprint density at radius 1 is 0.773 bits per heavy atom. The van der Waals surface area contributed by atoms with Crippen LogP contribution in [0.5, 0.6) is 5.75 Å². The summed E-state index contributed by atoms with van der Waals surface area (Å²) in [5.41, 5.74) is 2.26. The normalized spacial score (nSPS) is 20.1. The van der Waals surface area contributed by atoms with Gasteiger partial charge in [0.2, 0.25) is 0 Å². The molecule has 0 amide bonds. The van der Waals surface area contributed by atoms with Crippen LogP contribution in [0.4, 0.5) is 8.78 Å². The summed E-state index contributed by atoms with van der Waals surface area (Å²) in [6.07, 6.45) is -2.10. The van der Waals surface area contributed by atoms with Crippen molar-refractivity contribution < 1.29 is 36.0 Å². The summed E-state index contributed by atoms with van der Waals surface area (Å²) in [5, 5.41) is -4.46. The van der Waals surface area contributed by atoms with Crippen molar-refractivity contribution in [1.29, 1.82) is 0 Å². The molecule has 0 aromatic heterocycles. The highest BCUT2D eigenvalue weighted by molar-refractivity contribution is 7.97. The molecule has 10 heteroatoms. The molecule has 3 atom stereocenters. The average Bonchev–Trinajstić information content (AvgIpc) is 3.00. The van der Waals surface area contributed by atoms with Gasteiger partial charge in [0, 0.05) is 0 Å². The fourth-order valence-electron chi connectivity index (χ4n) is 4.82. The summed E-state index contributed by atoms with van der Waals surface area (Å²) in [5.74, 6) is 0.0493. The topological polar surface area (TPSA) is 82.1 Å². The van der Waals surface area contributed by atoms with Crippen LogP contribution in [-0.2, 0) is 36.1 Å². The van der Waals surface area contributed by atoms with Crippen LogP contribution in [-0.4, -0.2) is 43.1 Å². The molecule has 1 saturated heterocycles. The zero-order chi connectivity index (χ0) is 31.8. The molecular weight excluding hydrogens is 606 g/mol. The van der Waals surface area contributed by atoms with Crippen LogP contribution in [0.1, 0.15) is 33.3 Å². The molecule has 3 unspecified atom stereocenters. The smallest absolute Gasteiger partial charge is 0.405 e. The van der Waals surface area contributed by atoms with Crippen molar-refractivity contribution in [2.75, 3.05) is 13.2 Å². The molecule has 1 fully saturated rings. The van der Waals surface area contributed by atoms with Gasteiger partial charge in [-0.25, -0.2) is 0 Å². The second-order valence-electron chi connectivity index (χ2n) is 11.6. The predicted octanol–water partition coefficient (Wildman–Crippen LogP) is 7.74. The zero-order valence-electron chi connectivity index (χ0n) is 24.9. The van der Waals surface area contributed by atoms with Gasteiger partial charge < -0.3 is 14.2 Å². The molecule has 44 heavy (non-hydrogen) atoms. The maximum Gasteiger partial charge on any atom is 0.405 e. The number of ether oxygens (including phenoxy) is 3. The summed E-state index contributed by atoms with van der Waals surface area (Å²) in [6.45, 7) is 7.83. The van der Waals surface area contributed by atoms with E-state index in [1.165, 1.54) is 12.1 Å². The van der Waals surface area contributed by atoms with E-state index in [4.69, 9.17) is 18.8 Å². The summed E-state index contributed by atoms with van der Waals surface area (Å²) in [4.78, 5) is 2.97. The molecule has 4 aromatic carbocycles. The zero-order valence-corrected chi connectivity index (χ0v) is 26.5. The molecule has 5 rings (SSSR count). The minimum Gasteiger partial charge on any atom is -0.483 e. The van der Waals surface area contributed by atoms with E-state index in [-0.39, 0.29) is 11.4 Å². The van der Waals surface area contributed by atoms with Crippen LogP contribution in [0, 0.1) is 0 Å². The average molecular weight is 642 g/mol. The van der Waals surface area contributed by atoms with Gasteiger partial charge in [-0.1, -0.05) is 42.5 Å². The summed E-state index contributed by atoms with van der Waals surface area (Å²) >= 11 is 0. The molecule has 1 N–H and O–H groups in total. The number of rotatable bonds is 9.